The molecule has 2 atom stereocenters. The van der Waals surface area contributed by atoms with Crippen LogP contribution in [0.1, 0.15) is 27.7 Å². The van der Waals surface area contributed by atoms with Gasteiger partial charge in [0.1, 0.15) is 0 Å². The molecule has 0 nitrogen and oxygen atoms in total. The molecule has 0 aromatic heterocycles. The summed E-state index contributed by atoms with van der Waals surface area (Å²) in [5, 5.41) is 0. The zero-order valence-electron chi connectivity index (χ0n) is 12.6. The van der Waals surface area contributed by atoms with Gasteiger partial charge in [-0.25, -0.2) is 0 Å². The minimum Gasteiger partial charge on any atom is -0.0737 e. The molecule has 0 bridgehead atoms. The van der Waals surface area contributed by atoms with Crippen LogP contribution in [-0.2, 0) is 0 Å². The fraction of sp³-hybridized carbons (Fsp3) is 0.300. The minimum absolute atomic E-state index is 0.478. The molecule has 0 radical (unpaired) electrons. The predicted molar refractivity (Wildman–Crippen MR) is 85.2 cm³/mol. The van der Waals surface area contributed by atoms with Crippen LogP contribution in [0.15, 0.2) is 81.0 Å². The van der Waals surface area contributed by atoms with Crippen molar-refractivity contribution in [1.29, 1.82) is 0 Å². The smallest absolute Gasteiger partial charge is 0.0354 e. The van der Waals surface area contributed by atoms with Gasteiger partial charge in [-0.2, -0.15) is 0 Å². The maximum absolute atomic E-state index is 2.40. The highest BCUT2D eigenvalue weighted by Crippen LogP contribution is 2.51. The Kier molecular flexibility index (Phi) is 2.30. The van der Waals surface area contributed by atoms with E-state index >= 15 is 0 Å². The molecule has 0 saturated carbocycles. The predicted octanol–water partition coefficient (Wildman–Crippen LogP) is 5.21. The maximum atomic E-state index is 2.40. The first-order chi connectivity index (χ1) is 9.58. The van der Waals surface area contributed by atoms with Crippen LogP contribution in [0, 0.1) is 11.8 Å². The molecule has 2 unspecified atom stereocenters. The van der Waals surface area contributed by atoms with E-state index in [2.05, 4.69) is 64.2 Å². The normalized spacial score (nSPS) is 30.6. The number of hydrogen-bond donors (Lipinski definition) is 0. The van der Waals surface area contributed by atoms with Gasteiger partial charge in [0.05, 0.1) is 0 Å². The molecule has 20 heavy (non-hydrogen) atoms. The molecule has 4 aliphatic rings. The van der Waals surface area contributed by atoms with E-state index in [9.17, 15) is 0 Å². The largest absolute Gasteiger partial charge is 0.0737 e. The van der Waals surface area contributed by atoms with Crippen molar-refractivity contribution < 1.29 is 0 Å². The van der Waals surface area contributed by atoms with Crippen LogP contribution in [0.3, 0.4) is 0 Å². The zero-order chi connectivity index (χ0) is 14.0. The summed E-state index contributed by atoms with van der Waals surface area (Å²) in [6.07, 6.45) is 14.1. The SMILES string of the molecule is CC1=CC(C)C2=C3C1=CC=C1C(C)=CC(C)=C(C=C2)C13. The van der Waals surface area contributed by atoms with Crippen molar-refractivity contribution >= 4 is 0 Å². The lowest BCUT2D eigenvalue weighted by Crippen LogP contribution is -2.26. The van der Waals surface area contributed by atoms with E-state index in [0.29, 0.717) is 11.8 Å². The van der Waals surface area contributed by atoms with Crippen molar-refractivity contribution in [3.8, 4) is 0 Å². The maximum Gasteiger partial charge on any atom is 0.0354 e. The van der Waals surface area contributed by atoms with Crippen molar-refractivity contribution in [2.24, 2.45) is 11.8 Å². The Hall–Kier alpha value is -1.82. The van der Waals surface area contributed by atoms with E-state index in [1.54, 1.807) is 5.57 Å². The molecular formula is C20H20. The number of rotatable bonds is 0. The average molecular weight is 260 g/mol. The van der Waals surface area contributed by atoms with Crippen molar-refractivity contribution in [2.45, 2.75) is 27.7 Å². The highest BCUT2D eigenvalue weighted by atomic mass is 14.4. The molecule has 100 valence electrons. The van der Waals surface area contributed by atoms with E-state index < -0.39 is 0 Å². The highest BCUT2D eigenvalue weighted by molar-refractivity contribution is 5.71. The molecule has 0 aliphatic heterocycles. The summed E-state index contributed by atoms with van der Waals surface area (Å²) < 4.78 is 0. The van der Waals surface area contributed by atoms with Crippen LogP contribution in [0.5, 0.6) is 0 Å². The van der Waals surface area contributed by atoms with Crippen LogP contribution in [0.2, 0.25) is 0 Å². The third kappa shape index (κ3) is 1.37. The van der Waals surface area contributed by atoms with Crippen molar-refractivity contribution in [3.05, 3.63) is 81.0 Å². The van der Waals surface area contributed by atoms with Gasteiger partial charge in [0, 0.05) is 5.92 Å². The lowest BCUT2D eigenvalue weighted by molar-refractivity contribution is 0.750. The van der Waals surface area contributed by atoms with Crippen LogP contribution < -0.4 is 0 Å². The molecule has 0 amide bonds. The summed E-state index contributed by atoms with van der Waals surface area (Å²) in [6.45, 7) is 9.07. The summed E-state index contributed by atoms with van der Waals surface area (Å²) in [6, 6.07) is 0. The molecule has 0 heterocycles. The standard InChI is InChI=1S/C20H20/c1-11-9-12(2)16-7-8-18-14(4)10-13(3)17-6-5-15(11)19(16)20(17)18/h5-11,20H,1-4H3. The topological polar surface area (TPSA) is 0 Å². The van der Waals surface area contributed by atoms with E-state index in [1.165, 1.54) is 39.0 Å². The van der Waals surface area contributed by atoms with E-state index in [1.807, 2.05) is 0 Å². The molecule has 0 spiro atoms. The Bertz CT molecular complexity index is 739. The molecule has 0 heteroatoms. The summed E-state index contributed by atoms with van der Waals surface area (Å²) in [5.41, 5.74) is 11.8. The second kappa shape index (κ2) is 3.85. The Morgan fingerprint density at radius 2 is 1.65 bits per heavy atom. The zero-order valence-corrected chi connectivity index (χ0v) is 12.6. The van der Waals surface area contributed by atoms with Gasteiger partial charge < -0.3 is 0 Å². The summed E-state index contributed by atoms with van der Waals surface area (Å²) >= 11 is 0. The van der Waals surface area contributed by atoms with Gasteiger partial charge in [0.15, 0.2) is 0 Å². The summed E-state index contributed by atoms with van der Waals surface area (Å²) in [4.78, 5) is 0. The molecule has 0 saturated heterocycles. The molecule has 0 N–H and O–H groups in total. The quantitative estimate of drug-likeness (QED) is 0.561. The number of allylic oxidation sites excluding steroid dienone is 14. The Balaban J connectivity index is 2.05. The van der Waals surface area contributed by atoms with Crippen LogP contribution in [0.4, 0.5) is 0 Å². The van der Waals surface area contributed by atoms with Crippen LogP contribution in [0.25, 0.3) is 0 Å². The van der Waals surface area contributed by atoms with E-state index in [-0.39, 0.29) is 0 Å². The lowest BCUT2D eigenvalue weighted by Gasteiger charge is -2.40. The fourth-order valence-corrected chi connectivity index (χ4v) is 4.19. The Labute approximate surface area is 121 Å². The summed E-state index contributed by atoms with van der Waals surface area (Å²) in [5.74, 6) is 1.01. The first-order valence-corrected chi connectivity index (χ1v) is 7.50. The second-order valence-electron chi connectivity index (χ2n) is 6.44. The second-order valence-corrected chi connectivity index (χ2v) is 6.44. The first kappa shape index (κ1) is 12.0. The van der Waals surface area contributed by atoms with Gasteiger partial charge in [0.2, 0.25) is 0 Å². The van der Waals surface area contributed by atoms with Gasteiger partial charge in [-0.15, -0.1) is 0 Å². The van der Waals surface area contributed by atoms with Gasteiger partial charge >= 0.3 is 0 Å². The molecule has 0 aromatic carbocycles. The molecule has 0 aromatic rings. The van der Waals surface area contributed by atoms with Crippen molar-refractivity contribution in [1.82, 2.24) is 0 Å². The van der Waals surface area contributed by atoms with Crippen LogP contribution >= 0.6 is 0 Å². The molecule has 0 fully saturated rings. The average Bonchev–Trinajstić information content (AvgIpc) is 2.42. The Morgan fingerprint density at radius 3 is 2.45 bits per heavy atom. The lowest BCUT2D eigenvalue weighted by atomic mass is 9.63. The number of hydrogen-bond acceptors (Lipinski definition) is 0. The highest BCUT2D eigenvalue weighted by Gasteiger charge is 2.37. The van der Waals surface area contributed by atoms with Gasteiger partial charge in [0.25, 0.3) is 0 Å². The molecule has 4 aliphatic carbocycles. The Morgan fingerprint density at radius 1 is 0.900 bits per heavy atom. The molecule has 4 rings (SSSR count). The van der Waals surface area contributed by atoms with Crippen LogP contribution in [-0.4, -0.2) is 0 Å². The third-order valence-corrected chi connectivity index (χ3v) is 5.14. The first-order valence-electron chi connectivity index (χ1n) is 7.50. The summed E-state index contributed by atoms with van der Waals surface area (Å²) in [7, 11) is 0. The third-order valence-electron chi connectivity index (χ3n) is 5.14. The monoisotopic (exact) mass is 260 g/mol. The minimum atomic E-state index is 0.478. The van der Waals surface area contributed by atoms with Gasteiger partial charge in [-0.3, -0.25) is 0 Å². The van der Waals surface area contributed by atoms with Crippen molar-refractivity contribution in [3.63, 3.8) is 0 Å². The van der Waals surface area contributed by atoms with Crippen molar-refractivity contribution in [2.75, 3.05) is 0 Å². The fourth-order valence-electron chi connectivity index (χ4n) is 4.19. The van der Waals surface area contributed by atoms with Gasteiger partial charge in [-0.05, 0) is 71.3 Å². The molecular weight excluding hydrogens is 240 g/mol. The van der Waals surface area contributed by atoms with Gasteiger partial charge in [-0.1, -0.05) is 43.4 Å². The van der Waals surface area contributed by atoms with E-state index in [4.69, 9.17) is 0 Å². The van der Waals surface area contributed by atoms with E-state index in [0.717, 1.165) is 0 Å².